The number of hydrogen-bond acceptors (Lipinski definition) is 7. The molecular weight excluding hydrogens is 492 g/mol. The molecule has 1 aliphatic rings. The van der Waals surface area contributed by atoms with Crippen molar-refractivity contribution < 1.29 is 23.7 Å². The smallest absolute Gasteiger partial charge is 0.343 e. The molecule has 1 atom stereocenters. The average molecular weight is 527 g/mol. The Bertz CT molecular complexity index is 1390. The fourth-order valence-electron chi connectivity index (χ4n) is 4.25. The van der Waals surface area contributed by atoms with E-state index in [0.717, 1.165) is 36.1 Å². The van der Waals surface area contributed by atoms with Gasteiger partial charge < -0.3 is 24.7 Å². The zero-order valence-corrected chi connectivity index (χ0v) is 22.6. The van der Waals surface area contributed by atoms with Crippen LogP contribution in [0.2, 0.25) is 0 Å². The first kappa shape index (κ1) is 27.6. The molecule has 4 rings (SSSR count). The van der Waals surface area contributed by atoms with E-state index < -0.39 is 11.9 Å². The number of fused-ring (bicyclic) bond motifs is 1. The maximum Gasteiger partial charge on any atom is 0.343 e. The highest BCUT2D eigenvalue weighted by atomic mass is 16.5. The van der Waals surface area contributed by atoms with Crippen LogP contribution in [0.15, 0.2) is 78.2 Å². The predicted molar refractivity (Wildman–Crippen MR) is 149 cm³/mol. The standard InChI is InChI=1S/C32H34N2O5/c1-4-5-15-36-25-11-7-9-23(18-25)32(35)38-26-12-13-27-29(19-26)39-31(34)28(20-33)30(27)22-8-6-10-24(17-22)37-16-14-21(2)3/h6-13,17-19,21,30H,4-5,14-16,34H2,1-3H3. The molecule has 1 heterocycles. The Labute approximate surface area is 229 Å². The van der Waals surface area contributed by atoms with Crippen molar-refractivity contribution in [1.82, 2.24) is 0 Å². The van der Waals surface area contributed by atoms with Crippen LogP contribution in [0.4, 0.5) is 0 Å². The number of benzene rings is 3. The number of carbonyl (C=O) groups excluding carboxylic acids is 1. The summed E-state index contributed by atoms with van der Waals surface area (Å²) in [5.74, 6) is 1.65. The zero-order chi connectivity index (χ0) is 27.8. The van der Waals surface area contributed by atoms with Gasteiger partial charge in [0.1, 0.15) is 34.6 Å². The number of ether oxygens (including phenoxy) is 4. The lowest BCUT2D eigenvalue weighted by molar-refractivity contribution is 0.0734. The molecule has 0 fully saturated rings. The number of nitriles is 1. The molecule has 3 aromatic rings. The number of carbonyl (C=O) groups is 1. The molecule has 0 aliphatic carbocycles. The second kappa shape index (κ2) is 12.9. The molecule has 2 N–H and O–H groups in total. The summed E-state index contributed by atoms with van der Waals surface area (Å²) in [5.41, 5.74) is 8.46. The lowest BCUT2D eigenvalue weighted by Gasteiger charge is -2.27. The summed E-state index contributed by atoms with van der Waals surface area (Å²) < 4.78 is 23.1. The van der Waals surface area contributed by atoms with Crippen molar-refractivity contribution in [3.8, 4) is 29.1 Å². The van der Waals surface area contributed by atoms with E-state index in [9.17, 15) is 10.1 Å². The molecule has 1 aliphatic heterocycles. The maximum absolute atomic E-state index is 12.9. The molecule has 39 heavy (non-hydrogen) atoms. The van der Waals surface area contributed by atoms with Crippen molar-refractivity contribution in [3.63, 3.8) is 0 Å². The van der Waals surface area contributed by atoms with Gasteiger partial charge in [-0.3, -0.25) is 0 Å². The predicted octanol–water partition coefficient (Wildman–Crippen LogP) is 6.73. The van der Waals surface area contributed by atoms with E-state index in [1.54, 1.807) is 36.4 Å². The van der Waals surface area contributed by atoms with E-state index in [0.29, 0.717) is 47.5 Å². The first-order chi connectivity index (χ1) is 18.9. The van der Waals surface area contributed by atoms with E-state index in [1.165, 1.54) is 0 Å². The highest BCUT2D eigenvalue weighted by molar-refractivity contribution is 5.91. The number of allylic oxidation sites excluding steroid dienone is 1. The van der Waals surface area contributed by atoms with E-state index in [2.05, 4.69) is 26.8 Å². The number of unbranched alkanes of at least 4 members (excludes halogenated alkanes) is 1. The molecule has 0 saturated carbocycles. The molecule has 3 aromatic carbocycles. The van der Waals surface area contributed by atoms with Crippen molar-refractivity contribution >= 4 is 5.97 Å². The van der Waals surface area contributed by atoms with Crippen molar-refractivity contribution in [2.75, 3.05) is 13.2 Å². The topological polar surface area (TPSA) is 104 Å². The average Bonchev–Trinajstić information content (AvgIpc) is 2.92. The van der Waals surface area contributed by atoms with Crippen LogP contribution in [-0.4, -0.2) is 19.2 Å². The summed E-state index contributed by atoms with van der Waals surface area (Å²) in [5, 5.41) is 9.90. The van der Waals surface area contributed by atoms with Gasteiger partial charge in [0.2, 0.25) is 5.88 Å². The van der Waals surface area contributed by atoms with Crippen LogP contribution in [-0.2, 0) is 0 Å². The summed E-state index contributed by atoms with van der Waals surface area (Å²) in [4.78, 5) is 12.9. The molecule has 0 bridgehead atoms. The number of hydrogen-bond donors (Lipinski definition) is 1. The minimum Gasteiger partial charge on any atom is -0.494 e. The number of nitrogens with two attached hydrogens (primary N) is 1. The largest absolute Gasteiger partial charge is 0.494 e. The lowest BCUT2D eigenvalue weighted by Crippen LogP contribution is -2.21. The van der Waals surface area contributed by atoms with Crippen LogP contribution in [0.1, 0.15) is 67.4 Å². The number of nitrogens with zero attached hydrogens (tertiary/aromatic N) is 1. The quantitative estimate of drug-likeness (QED) is 0.168. The normalized spacial score (nSPS) is 14.3. The molecule has 7 heteroatoms. The van der Waals surface area contributed by atoms with E-state index in [1.807, 2.05) is 30.3 Å². The maximum atomic E-state index is 12.9. The lowest BCUT2D eigenvalue weighted by atomic mass is 9.83. The van der Waals surface area contributed by atoms with Crippen LogP contribution < -0.4 is 24.7 Å². The van der Waals surface area contributed by atoms with E-state index >= 15 is 0 Å². The van der Waals surface area contributed by atoms with Crippen molar-refractivity contribution in [1.29, 1.82) is 5.26 Å². The van der Waals surface area contributed by atoms with Gasteiger partial charge in [0, 0.05) is 11.6 Å². The van der Waals surface area contributed by atoms with Gasteiger partial charge in [0.15, 0.2) is 0 Å². The summed E-state index contributed by atoms with van der Waals surface area (Å²) in [7, 11) is 0. The SMILES string of the molecule is CCCCOc1cccc(C(=O)Oc2ccc3c(c2)OC(N)=C(C#N)C3c2cccc(OCCC(C)C)c2)c1. The van der Waals surface area contributed by atoms with Gasteiger partial charge in [-0.15, -0.1) is 0 Å². The van der Waals surface area contributed by atoms with Gasteiger partial charge in [-0.25, -0.2) is 4.79 Å². The number of esters is 1. The molecular formula is C32H34N2O5. The second-order valence-electron chi connectivity index (χ2n) is 9.85. The summed E-state index contributed by atoms with van der Waals surface area (Å²) in [6.45, 7) is 7.59. The van der Waals surface area contributed by atoms with Crippen LogP contribution in [0.5, 0.6) is 23.0 Å². The fourth-order valence-corrected chi connectivity index (χ4v) is 4.25. The highest BCUT2D eigenvalue weighted by Crippen LogP contribution is 2.44. The third-order valence-electron chi connectivity index (χ3n) is 6.39. The van der Waals surface area contributed by atoms with Crippen molar-refractivity contribution in [2.45, 2.75) is 46.0 Å². The first-order valence-corrected chi connectivity index (χ1v) is 13.3. The summed E-state index contributed by atoms with van der Waals surface area (Å²) in [6.07, 6.45) is 2.90. The van der Waals surface area contributed by atoms with Crippen LogP contribution in [0.3, 0.4) is 0 Å². The zero-order valence-electron chi connectivity index (χ0n) is 22.6. The Morgan fingerprint density at radius 1 is 1.00 bits per heavy atom. The van der Waals surface area contributed by atoms with Gasteiger partial charge in [0.25, 0.3) is 0 Å². The Balaban J connectivity index is 1.56. The minimum atomic E-state index is -0.518. The van der Waals surface area contributed by atoms with Gasteiger partial charge in [-0.05, 0) is 60.7 Å². The van der Waals surface area contributed by atoms with Gasteiger partial charge in [0.05, 0.1) is 24.7 Å². The number of rotatable bonds is 11. The molecule has 0 amide bonds. The fraction of sp³-hybridized carbons (Fsp3) is 0.312. The first-order valence-electron chi connectivity index (χ1n) is 13.3. The molecule has 1 unspecified atom stereocenters. The van der Waals surface area contributed by atoms with Crippen LogP contribution in [0.25, 0.3) is 0 Å². The third kappa shape index (κ3) is 6.91. The van der Waals surface area contributed by atoms with Gasteiger partial charge in [-0.2, -0.15) is 5.26 Å². The Morgan fingerprint density at radius 3 is 2.49 bits per heavy atom. The van der Waals surface area contributed by atoms with Crippen LogP contribution in [0, 0.1) is 17.2 Å². The molecule has 0 spiro atoms. The highest BCUT2D eigenvalue weighted by Gasteiger charge is 2.31. The molecule has 0 aromatic heterocycles. The Morgan fingerprint density at radius 2 is 1.74 bits per heavy atom. The van der Waals surface area contributed by atoms with Gasteiger partial charge >= 0.3 is 5.97 Å². The third-order valence-corrected chi connectivity index (χ3v) is 6.39. The summed E-state index contributed by atoms with van der Waals surface area (Å²) in [6, 6.07) is 21.9. The van der Waals surface area contributed by atoms with Gasteiger partial charge in [-0.1, -0.05) is 51.5 Å². The Kier molecular flexibility index (Phi) is 9.11. The molecule has 0 radical (unpaired) electrons. The second-order valence-corrected chi connectivity index (χ2v) is 9.85. The molecule has 7 nitrogen and oxygen atoms in total. The van der Waals surface area contributed by atoms with Crippen molar-refractivity contribution in [3.05, 3.63) is 94.9 Å². The van der Waals surface area contributed by atoms with Crippen molar-refractivity contribution in [2.24, 2.45) is 11.7 Å². The monoisotopic (exact) mass is 526 g/mol. The Hall–Kier alpha value is -4.44. The molecule has 0 saturated heterocycles. The van der Waals surface area contributed by atoms with E-state index in [-0.39, 0.29) is 5.88 Å². The van der Waals surface area contributed by atoms with E-state index in [4.69, 9.17) is 24.7 Å². The van der Waals surface area contributed by atoms with Crippen LogP contribution >= 0.6 is 0 Å². The summed E-state index contributed by atoms with van der Waals surface area (Å²) >= 11 is 0. The molecule has 202 valence electrons. The minimum absolute atomic E-state index is 0.0153.